The molecule has 3 nitrogen and oxygen atoms in total. The molecule has 0 radical (unpaired) electrons. The molecule has 2 fully saturated rings. The zero-order valence-corrected chi connectivity index (χ0v) is 13.1. The van der Waals surface area contributed by atoms with Crippen molar-refractivity contribution in [2.24, 2.45) is 23.2 Å². The van der Waals surface area contributed by atoms with E-state index in [4.69, 9.17) is 5.11 Å². The summed E-state index contributed by atoms with van der Waals surface area (Å²) in [6.07, 6.45) is 5.92. The lowest BCUT2D eigenvalue weighted by atomic mass is 9.53. The Morgan fingerprint density at radius 1 is 1.50 bits per heavy atom. The minimum absolute atomic E-state index is 0.140. The van der Waals surface area contributed by atoms with Gasteiger partial charge in [0.05, 0.1) is 0 Å². The minimum Gasteiger partial charge on any atom is -0.387 e. The predicted octanol–water partition coefficient (Wildman–Crippen LogP) is 2.89. The first-order chi connectivity index (χ1) is 9.39. The number of aliphatic hydroxyl groups excluding tert-OH is 1. The molecule has 0 bridgehead atoms. The number of aliphatic hydroxyl groups is 1. The van der Waals surface area contributed by atoms with Crippen molar-refractivity contribution in [1.82, 2.24) is 5.32 Å². The third-order valence-corrected chi connectivity index (χ3v) is 5.63. The van der Waals surface area contributed by atoms with Crippen molar-refractivity contribution in [2.45, 2.75) is 58.9 Å². The number of carbonyl (C=O) groups is 1. The number of fused-ring (bicyclic) bond motifs is 1. The standard InChI is InChI=1S/C17H29NO2/c1-11(2)13-7-9-17(4)8-5-6-12(3)15(17)16(13)18-14(20)10-19/h11,13,15-16,19H,3,5-10H2,1-2,4H3,(H,18,20)/t13-,15+,16-,17+/m0/s1. The van der Waals surface area contributed by atoms with Crippen LogP contribution in [-0.4, -0.2) is 23.7 Å². The van der Waals surface area contributed by atoms with E-state index in [1.165, 1.54) is 24.8 Å². The van der Waals surface area contributed by atoms with Crippen molar-refractivity contribution in [3.8, 4) is 0 Å². The molecule has 114 valence electrons. The Morgan fingerprint density at radius 3 is 2.80 bits per heavy atom. The third kappa shape index (κ3) is 2.78. The molecule has 0 aromatic heterocycles. The number of hydrogen-bond acceptors (Lipinski definition) is 2. The average Bonchev–Trinajstić information content (AvgIpc) is 2.37. The van der Waals surface area contributed by atoms with E-state index in [1.54, 1.807) is 0 Å². The molecule has 2 aliphatic carbocycles. The Hall–Kier alpha value is -0.830. The molecule has 20 heavy (non-hydrogen) atoms. The van der Waals surface area contributed by atoms with Crippen LogP contribution in [0, 0.1) is 23.2 Å². The van der Waals surface area contributed by atoms with Crippen LogP contribution in [0.5, 0.6) is 0 Å². The molecule has 3 heteroatoms. The van der Waals surface area contributed by atoms with Gasteiger partial charge in [-0.25, -0.2) is 0 Å². The lowest BCUT2D eigenvalue weighted by molar-refractivity contribution is -0.126. The molecule has 1 amide bonds. The Morgan fingerprint density at radius 2 is 2.20 bits per heavy atom. The lowest BCUT2D eigenvalue weighted by Crippen LogP contribution is -2.57. The summed E-state index contributed by atoms with van der Waals surface area (Å²) in [6.45, 7) is 10.7. The first-order valence-electron chi connectivity index (χ1n) is 7.97. The van der Waals surface area contributed by atoms with Crippen LogP contribution in [-0.2, 0) is 4.79 Å². The quantitative estimate of drug-likeness (QED) is 0.780. The van der Waals surface area contributed by atoms with Crippen molar-refractivity contribution < 1.29 is 9.90 Å². The molecule has 0 spiro atoms. The van der Waals surface area contributed by atoms with Crippen molar-refractivity contribution in [3.63, 3.8) is 0 Å². The van der Waals surface area contributed by atoms with Crippen molar-refractivity contribution in [2.75, 3.05) is 6.61 Å². The fourth-order valence-electron chi connectivity index (χ4n) is 4.58. The first kappa shape index (κ1) is 15.6. The largest absolute Gasteiger partial charge is 0.387 e. The highest BCUT2D eigenvalue weighted by atomic mass is 16.3. The van der Waals surface area contributed by atoms with Gasteiger partial charge in [-0.3, -0.25) is 4.79 Å². The smallest absolute Gasteiger partial charge is 0.245 e. The summed E-state index contributed by atoms with van der Waals surface area (Å²) < 4.78 is 0. The van der Waals surface area contributed by atoms with Crippen LogP contribution in [0.25, 0.3) is 0 Å². The fourth-order valence-corrected chi connectivity index (χ4v) is 4.58. The zero-order valence-electron chi connectivity index (χ0n) is 13.1. The summed E-state index contributed by atoms with van der Waals surface area (Å²) in [5.74, 6) is 1.15. The molecule has 2 N–H and O–H groups in total. The van der Waals surface area contributed by atoms with Crippen molar-refractivity contribution in [3.05, 3.63) is 12.2 Å². The highest BCUT2D eigenvalue weighted by Crippen LogP contribution is 2.54. The van der Waals surface area contributed by atoms with Crippen molar-refractivity contribution in [1.29, 1.82) is 0 Å². The van der Waals surface area contributed by atoms with Gasteiger partial charge in [-0.05, 0) is 49.4 Å². The van der Waals surface area contributed by atoms with E-state index in [2.05, 4.69) is 32.7 Å². The molecule has 4 atom stereocenters. The van der Waals surface area contributed by atoms with E-state index in [-0.39, 0.29) is 17.4 Å². The molecule has 0 aromatic carbocycles. The van der Waals surface area contributed by atoms with E-state index in [1.807, 2.05) is 0 Å². The van der Waals surface area contributed by atoms with Gasteiger partial charge in [-0.15, -0.1) is 0 Å². The fraction of sp³-hybridized carbons (Fsp3) is 0.824. The van der Waals surface area contributed by atoms with Gasteiger partial charge in [0.15, 0.2) is 0 Å². The van der Waals surface area contributed by atoms with Crippen LogP contribution in [0.1, 0.15) is 52.9 Å². The van der Waals surface area contributed by atoms with Crippen LogP contribution in [0.3, 0.4) is 0 Å². The molecular weight excluding hydrogens is 250 g/mol. The maximum Gasteiger partial charge on any atom is 0.245 e. The second kappa shape index (κ2) is 5.88. The highest BCUT2D eigenvalue weighted by molar-refractivity contribution is 5.77. The SMILES string of the molecule is C=C1CCC[C@]2(C)CC[C@@H](C(C)C)[C@H](NC(=O)CO)[C@@H]12. The number of amides is 1. The second-order valence-electron chi connectivity index (χ2n) is 7.34. The van der Waals surface area contributed by atoms with Gasteiger partial charge in [-0.2, -0.15) is 0 Å². The summed E-state index contributed by atoms with van der Waals surface area (Å²) in [5.41, 5.74) is 1.57. The van der Waals surface area contributed by atoms with Gasteiger partial charge < -0.3 is 10.4 Å². The second-order valence-corrected chi connectivity index (χ2v) is 7.34. The van der Waals surface area contributed by atoms with E-state index >= 15 is 0 Å². The molecule has 0 unspecified atom stereocenters. The molecule has 0 saturated heterocycles. The van der Waals surface area contributed by atoms with Crippen LogP contribution < -0.4 is 5.32 Å². The Bertz CT molecular complexity index is 390. The third-order valence-electron chi connectivity index (χ3n) is 5.63. The van der Waals surface area contributed by atoms with Crippen molar-refractivity contribution >= 4 is 5.91 Å². The lowest BCUT2D eigenvalue weighted by Gasteiger charge is -2.54. The first-order valence-corrected chi connectivity index (χ1v) is 7.97. The summed E-state index contributed by atoms with van der Waals surface area (Å²) in [7, 11) is 0. The number of hydrogen-bond donors (Lipinski definition) is 2. The topological polar surface area (TPSA) is 49.3 Å². The molecule has 0 aromatic rings. The molecule has 2 rings (SSSR count). The maximum atomic E-state index is 11.7. The van der Waals surface area contributed by atoms with Gasteiger partial charge in [0.2, 0.25) is 5.91 Å². The maximum absolute atomic E-state index is 11.7. The monoisotopic (exact) mass is 279 g/mol. The van der Waals surface area contributed by atoms with E-state index < -0.39 is 6.61 Å². The van der Waals surface area contributed by atoms with Gasteiger partial charge in [0, 0.05) is 12.0 Å². The summed E-state index contributed by atoms with van der Waals surface area (Å²) in [5, 5.41) is 12.2. The molecule has 0 aliphatic heterocycles. The van der Waals surface area contributed by atoms with E-state index in [0.29, 0.717) is 17.8 Å². The van der Waals surface area contributed by atoms with E-state index in [9.17, 15) is 4.79 Å². The van der Waals surface area contributed by atoms with Crippen LogP contribution in [0.4, 0.5) is 0 Å². The zero-order chi connectivity index (χ0) is 14.9. The Balaban J connectivity index is 2.30. The number of carbonyl (C=O) groups excluding carboxylic acids is 1. The molecule has 2 aliphatic rings. The van der Waals surface area contributed by atoms with Gasteiger partial charge in [0.25, 0.3) is 0 Å². The summed E-state index contributed by atoms with van der Waals surface area (Å²) >= 11 is 0. The van der Waals surface area contributed by atoms with Crippen LogP contribution >= 0.6 is 0 Å². The van der Waals surface area contributed by atoms with E-state index in [0.717, 1.165) is 12.8 Å². The predicted molar refractivity (Wildman–Crippen MR) is 81.2 cm³/mol. The van der Waals surface area contributed by atoms with Crippen LogP contribution in [0.15, 0.2) is 12.2 Å². The number of nitrogens with one attached hydrogen (secondary N) is 1. The van der Waals surface area contributed by atoms with Crippen LogP contribution in [0.2, 0.25) is 0 Å². The summed E-state index contributed by atoms with van der Waals surface area (Å²) in [4.78, 5) is 11.7. The highest BCUT2D eigenvalue weighted by Gasteiger charge is 2.49. The Labute approximate surface area is 122 Å². The minimum atomic E-state index is -0.419. The average molecular weight is 279 g/mol. The summed E-state index contributed by atoms with van der Waals surface area (Å²) in [6, 6.07) is 0.140. The number of rotatable bonds is 3. The van der Waals surface area contributed by atoms with Gasteiger partial charge in [0.1, 0.15) is 6.61 Å². The molecular formula is C17H29NO2. The molecule has 0 heterocycles. The molecule has 2 saturated carbocycles. The van der Waals surface area contributed by atoms with Gasteiger partial charge >= 0.3 is 0 Å². The normalized spacial score (nSPS) is 37.6. The Kier molecular flexibility index (Phi) is 4.58. The van der Waals surface area contributed by atoms with Gasteiger partial charge in [-0.1, -0.05) is 32.9 Å².